The van der Waals surface area contributed by atoms with Crippen LogP contribution in [0.5, 0.6) is 5.75 Å². The second kappa shape index (κ2) is 8.69. The third-order valence-corrected chi connectivity index (χ3v) is 5.65. The molecular weight excluding hydrogens is 378 g/mol. The molecule has 6 nitrogen and oxygen atoms in total. The zero-order valence-corrected chi connectivity index (χ0v) is 17.7. The molecule has 1 fully saturated rings. The molecule has 1 aliphatic heterocycles. The number of ether oxygens (including phenoxy) is 1. The van der Waals surface area contributed by atoms with Gasteiger partial charge in [0.05, 0.1) is 7.11 Å². The van der Waals surface area contributed by atoms with Crippen LogP contribution in [0.3, 0.4) is 0 Å². The van der Waals surface area contributed by atoms with Gasteiger partial charge in [0.2, 0.25) is 11.7 Å². The molecule has 30 heavy (non-hydrogen) atoms. The number of piperidine rings is 1. The molecule has 0 aliphatic carbocycles. The number of carbonyl (C=O) groups is 1. The lowest BCUT2D eigenvalue weighted by Gasteiger charge is -2.31. The van der Waals surface area contributed by atoms with Crippen LogP contribution < -0.4 is 4.74 Å². The molecule has 2 heterocycles. The van der Waals surface area contributed by atoms with E-state index in [0.29, 0.717) is 17.6 Å². The van der Waals surface area contributed by atoms with Gasteiger partial charge in [-0.05, 0) is 69.0 Å². The Morgan fingerprint density at radius 2 is 1.77 bits per heavy atom. The molecule has 1 saturated heterocycles. The van der Waals surface area contributed by atoms with E-state index in [1.165, 1.54) is 0 Å². The minimum absolute atomic E-state index is 0.125. The summed E-state index contributed by atoms with van der Waals surface area (Å²) >= 11 is 0. The minimum Gasteiger partial charge on any atom is -0.497 e. The summed E-state index contributed by atoms with van der Waals surface area (Å²) in [5.74, 6) is 2.61. The van der Waals surface area contributed by atoms with Gasteiger partial charge in [-0.3, -0.25) is 4.79 Å². The number of benzene rings is 2. The van der Waals surface area contributed by atoms with Crippen LogP contribution in [0.1, 0.15) is 40.2 Å². The van der Waals surface area contributed by atoms with E-state index in [4.69, 9.17) is 9.26 Å². The van der Waals surface area contributed by atoms with Gasteiger partial charge in [0, 0.05) is 30.6 Å². The van der Waals surface area contributed by atoms with E-state index in [-0.39, 0.29) is 5.91 Å². The zero-order chi connectivity index (χ0) is 21.1. The van der Waals surface area contributed by atoms with Gasteiger partial charge >= 0.3 is 0 Å². The van der Waals surface area contributed by atoms with Crippen molar-refractivity contribution >= 4 is 5.91 Å². The molecule has 0 saturated carbocycles. The zero-order valence-electron chi connectivity index (χ0n) is 17.7. The molecule has 2 aromatic carbocycles. The molecule has 1 aromatic heterocycles. The van der Waals surface area contributed by atoms with E-state index in [0.717, 1.165) is 60.4 Å². The maximum atomic E-state index is 12.9. The van der Waals surface area contributed by atoms with E-state index in [2.05, 4.69) is 16.2 Å². The van der Waals surface area contributed by atoms with Gasteiger partial charge in [0.15, 0.2) is 0 Å². The fourth-order valence-corrected chi connectivity index (χ4v) is 4.06. The Morgan fingerprint density at radius 3 is 2.40 bits per heavy atom. The average molecular weight is 405 g/mol. The first-order valence-electron chi connectivity index (χ1n) is 10.4. The summed E-state index contributed by atoms with van der Waals surface area (Å²) in [7, 11) is 1.64. The van der Waals surface area contributed by atoms with Gasteiger partial charge in [0.1, 0.15) is 5.75 Å². The summed E-state index contributed by atoms with van der Waals surface area (Å²) < 4.78 is 10.7. The third kappa shape index (κ3) is 4.53. The van der Waals surface area contributed by atoms with Crippen molar-refractivity contribution in [2.75, 3.05) is 20.2 Å². The summed E-state index contributed by atoms with van der Waals surface area (Å²) in [6.45, 7) is 5.58. The molecule has 156 valence electrons. The quantitative estimate of drug-likeness (QED) is 0.627. The second-order valence-corrected chi connectivity index (χ2v) is 8.06. The van der Waals surface area contributed by atoms with Gasteiger partial charge in [0.25, 0.3) is 5.91 Å². The highest BCUT2D eigenvalue weighted by Gasteiger charge is 2.25. The lowest BCUT2D eigenvalue weighted by Crippen LogP contribution is -2.39. The van der Waals surface area contributed by atoms with E-state index in [1.54, 1.807) is 7.11 Å². The highest BCUT2D eigenvalue weighted by molar-refractivity contribution is 5.94. The van der Waals surface area contributed by atoms with Crippen molar-refractivity contribution in [3.05, 3.63) is 65.0 Å². The van der Waals surface area contributed by atoms with Crippen molar-refractivity contribution in [3.63, 3.8) is 0 Å². The molecule has 0 N–H and O–H groups in total. The normalized spacial score (nSPS) is 14.7. The number of amides is 1. The van der Waals surface area contributed by atoms with Gasteiger partial charge in [-0.2, -0.15) is 4.98 Å². The largest absolute Gasteiger partial charge is 0.497 e. The van der Waals surface area contributed by atoms with Crippen molar-refractivity contribution in [1.29, 1.82) is 0 Å². The summed E-state index contributed by atoms with van der Waals surface area (Å²) in [5.41, 5.74) is 3.93. The lowest BCUT2D eigenvalue weighted by atomic mass is 9.93. The van der Waals surface area contributed by atoms with Crippen LogP contribution in [0.25, 0.3) is 11.4 Å². The van der Waals surface area contributed by atoms with Gasteiger partial charge < -0.3 is 14.2 Å². The molecule has 6 heteroatoms. The Morgan fingerprint density at radius 1 is 1.10 bits per heavy atom. The number of aromatic nitrogens is 2. The SMILES string of the molecule is COc1ccc(-c2noc(CC3CCN(C(=O)c4cc(C)cc(C)c4)CC3)n2)cc1. The van der Waals surface area contributed by atoms with E-state index < -0.39 is 0 Å². The number of nitrogens with zero attached hydrogens (tertiary/aromatic N) is 3. The molecule has 0 atom stereocenters. The fraction of sp³-hybridized carbons (Fsp3) is 0.375. The second-order valence-electron chi connectivity index (χ2n) is 8.06. The predicted molar refractivity (Wildman–Crippen MR) is 115 cm³/mol. The van der Waals surface area contributed by atoms with Crippen LogP contribution in [0.2, 0.25) is 0 Å². The van der Waals surface area contributed by atoms with Crippen molar-refractivity contribution in [2.24, 2.45) is 5.92 Å². The van der Waals surface area contributed by atoms with Gasteiger partial charge in [-0.1, -0.05) is 22.3 Å². The summed E-state index contributed by atoms with van der Waals surface area (Å²) in [6.07, 6.45) is 2.63. The van der Waals surface area contributed by atoms with Crippen molar-refractivity contribution in [2.45, 2.75) is 33.1 Å². The lowest BCUT2D eigenvalue weighted by molar-refractivity contribution is 0.0687. The Bertz CT molecular complexity index is 998. The summed E-state index contributed by atoms with van der Waals surface area (Å²) in [4.78, 5) is 19.4. The molecule has 0 spiro atoms. The maximum Gasteiger partial charge on any atom is 0.253 e. The number of aryl methyl sites for hydroxylation is 2. The van der Waals surface area contributed by atoms with Gasteiger partial charge in [-0.25, -0.2) is 0 Å². The number of hydrogen-bond donors (Lipinski definition) is 0. The Balaban J connectivity index is 1.33. The van der Waals surface area contributed by atoms with Crippen molar-refractivity contribution < 1.29 is 14.1 Å². The maximum absolute atomic E-state index is 12.9. The molecule has 1 amide bonds. The first kappa shape index (κ1) is 20.1. The molecular formula is C24H27N3O3. The monoisotopic (exact) mass is 405 g/mol. The number of likely N-dealkylation sites (tertiary alicyclic amines) is 1. The molecule has 0 radical (unpaired) electrons. The first-order chi connectivity index (χ1) is 14.5. The van der Waals surface area contributed by atoms with E-state index >= 15 is 0 Å². The van der Waals surface area contributed by atoms with Crippen LogP contribution >= 0.6 is 0 Å². The van der Waals surface area contributed by atoms with Crippen molar-refractivity contribution in [3.8, 4) is 17.1 Å². The summed E-state index contributed by atoms with van der Waals surface area (Å²) in [6, 6.07) is 13.6. The molecule has 3 aromatic rings. The number of methoxy groups -OCH3 is 1. The highest BCUT2D eigenvalue weighted by Crippen LogP contribution is 2.25. The molecule has 4 rings (SSSR count). The molecule has 1 aliphatic rings. The number of hydrogen-bond acceptors (Lipinski definition) is 5. The third-order valence-electron chi connectivity index (χ3n) is 5.65. The average Bonchev–Trinajstić information content (AvgIpc) is 3.21. The highest BCUT2D eigenvalue weighted by atomic mass is 16.5. The van der Waals surface area contributed by atoms with Crippen LogP contribution in [-0.2, 0) is 6.42 Å². The fourth-order valence-electron chi connectivity index (χ4n) is 4.06. The Kier molecular flexibility index (Phi) is 5.84. The van der Waals surface area contributed by atoms with Gasteiger partial charge in [-0.15, -0.1) is 0 Å². The van der Waals surface area contributed by atoms with E-state index in [9.17, 15) is 4.79 Å². The smallest absolute Gasteiger partial charge is 0.253 e. The number of carbonyl (C=O) groups excluding carboxylic acids is 1. The van der Waals surface area contributed by atoms with Crippen LogP contribution in [0.4, 0.5) is 0 Å². The van der Waals surface area contributed by atoms with Crippen LogP contribution in [0, 0.1) is 19.8 Å². The standard InChI is InChI=1S/C24H27N3O3/c1-16-12-17(2)14-20(13-16)24(28)27-10-8-18(9-11-27)15-22-25-23(26-30-22)19-4-6-21(29-3)7-5-19/h4-7,12-14,18H,8-11,15H2,1-3H3. The van der Waals surface area contributed by atoms with Crippen molar-refractivity contribution in [1.82, 2.24) is 15.0 Å². The Labute approximate surface area is 176 Å². The first-order valence-corrected chi connectivity index (χ1v) is 10.4. The topological polar surface area (TPSA) is 68.5 Å². The Hall–Kier alpha value is -3.15. The predicted octanol–water partition coefficient (Wildman–Crippen LogP) is 4.46. The molecule has 0 bridgehead atoms. The van der Waals surface area contributed by atoms with E-state index in [1.807, 2.05) is 55.1 Å². The van der Waals surface area contributed by atoms with Crippen LogP contribution in [-0.4, -0.2) is 41.1 Å². The minimum atomic E-state index is 0.125. The van der Waals surface area contributed by atoms with Crippen LogP contribution in [0.15, 0.2) is 47.0 Å². The molecule has 0 unspecified atom stereocenters. The number of rotatable bonds is 5. The summed E-state index contributed by atoms with van der Waals surface area (Å²) in [5, 5.41) is 4.12.